The summed E-state index contributed by atoms with van der Waals surface area (Å²) in [5.41, 5.74) is 2.32. The largest absolute Gasteiger partial charge is 0.337 e. The van der Waals surface area contributed by atoms with Gasteiger partial charge in [0, 0.05) is 31.9 Å². The van der Waals surface area contributed by atoms with Gasteiger partial charge in [-0.3, -0.25) is 9.48 Å². The van der Waals surface area contributed by atoms with Crippen molar-refractivity contribution in [2.45, 2.75) is 25.8 Å². The van der Waals surface area contributed by atoms with Gasteiger partial charge < -0.3 is 10.2 Å². The van der Waals surface area contributed by atoms with Crippen molar-refractivity contribution in [2.75, 3.05) is 20.1 Å². The number of nitrogens with one attached hydrogen (secondary N) is 1. The number of rotatable bonds is 2. The Morgan fingerprint density at radius 2 is 2.13 bits per heavy atom. The summed E-state index contributed by atoms with van der Waals surface area (Å²) in [7, 11) is 3.80. The summed E-state index contributed by atoms with van der Waals surface area (Å²) in [6, 6.07) is 2.25. The average molecular weight is 360 g/mol. The topological polar surface area (TPSA) is 63.1 Å². The maximum atomic E-state index is 12.9. The van der Waals surface area contributed by atoms with Gasteiger partial charge in [-0.25, -0.2) is 4.98 Å². The predicted molar refractivity (Wildman–Crippen MR) is 95.7 cm³/mol. The van der Waals surface area contributed by atoms with E-state index in [0.717, 1.165) is 42.7 Å². The summed E-state index contributed by atoms with van der Waals surface area (Å²) in [5, 5.41) is 8.33. The van der Waals surface area contributed by atoms with E-state index in [4.69, 9.17) is 0 Å². The zero-order valence-corrected chi connectivity index (χ0v) is 15.2. The Bertz CT molecular complexity index is 688. The number of fused-ring (bicyclic) bond motifs is 1. The number of likely N-dealkylation sites (tertiary alicyclic amines) is 1. The van der Waals surface area contributed by atoms with E-state index >= 15 is 0 Å². The van der Waals surface area contributed by atoms with Crippen molar-refractivity contribution in [3.05, 3.63) is 23.5 Å². The molecular weight excluding hydrogens is 337 g/mol. The first-order valence-electron chi connectivity index (χ1n) is 7.36. The highest BCUT2D eigenvalue weighted by atomic mass is 35.5. The highest BCUT2D eigenvalue weighted by molar-refractivity contribution is 6.05. The number of carbonyl (C=O) groups is 1. The van der Waals surface area contributed by atoms with Crippen LogP contribution in [0.2, 0.25) is 0 Å². The van der Waals surface area contributed by atoms with E-state index in [9.17, 15) is 4.79 Å². The molecule has 1 amide bonds. The van der Waals surface area contributed by atoms with Crippen LogP contribution in [0.3, 0.4) is 0 Å². The third-order valence-corrected chi connectivity index (χ3v) is 4.18. The fourth-order valence-electron chi connectivity index (χ4n) is 2.98. The zero-order valence-electron chi connectivity index (χ0n) is 13.6. The predicted octanol–water partition coefficient (Wildman–Crippen LogP) is 1.94. The smallest absolute Gasteiger partial charge is 0.254 e. The number of aromatic nitrogens is 3. The molecule has 23 heavy (non-hydrogen) atoms. The zero-order chi connectivity index (χ0) is 15.0. The van der Waals surface area contributed by atoms with Gasteiger partial charge in [0.05, 0.1) is 17.1 Å². The maximum Gasteiger partial charge on any atom is 0.254 e. The van der Waals surface area contributed by atoms with E-state index in [2.05, 4.69) is 15.4 Å². The van der Waals surface area contributed by atoms with Gasteiger partial charge in [0.25, 0.3) is 5.91 Å². The maximum absolute atomic E-state index is 12.9. The van der Waals surface area contributed by atoms with Gasteiger partial charge >= 0.3 is 0 Å². The standard InChI is InChI=1S/C15H21N5O.2ClH/c1-10-7-12(13-8-17-19(3)14(13)18-10)15(21)20-6-4-5-11(9-20)16-2;;/h7-8,11,16H,4-6,9H2,1-3H3;2*1H. The van der Waals surface area contributed by atoms with Crippen LogP contribution in [0.4, 0.5) is 0 Å². The van der Waals surface area contributed by atoms with E-state index in [1.807, 2.05) is 32.0 Å². The fraction of sp³-hybridized carbons (Fsp3) is 0.533. The number of hydrogen-bond donors (Lipinski definition) is 1. The number of halogens is 2. The minimum Gasteiger partial charge on any atom is -0.337 e. The molecule has 0 aromatic carbocycles. The molecule has 1 saturated heterocycles. The molecule has 0 aliphatic carbocycles. The number of carbonyl (C=O) groups excluding carboxylic acids is 1. The Morgan fingerprint density at radius 3 is 2.83 bits per heavy atom. The molecule has 1 fully saturated rings. The average Bonchev–Trinajstić information content (AvgIpc) is 2.87. The molecule has 0 spiro atoms. The van der Waals surface area contributed by atoms with Crippen molar-refractivity contribution in [3.63, 3.8) is 0 Å². The first kappa shape index (κ1) is 19.7. The number of pyridine rings is 1. The Labute approximate surface area is 148 Å². The number of aryl methyl sites for hydroxylation is 2. The summed E-state index contributed by atoms with van der Waals surface area (Å²) in [6.45, 7) is 3.49. The molecule has 2 aromatic heterocycles. The first-order chi connectivity index (χ1) is 10.1. The fourth-order valence-corrected chi connectivity index (χ4v) is 2.98. The molecule has 1 aliphatic heterocycles. The molecule has 6 nitrogen and oxygen atoms in total. The van der Waals surface area contributed by atoms with Crippen LogP contribution in [-0.4, -0.2) is 51.8 Å². The van der Waals surface area contributed by atoms with Gasteiger partial charge in [-0.15, -0.1) is 24.8 Å². The third-order valence-electron chi connectivity index (χ3n) is 4.18. The van der Waals surface area contributed by atoms with Crippen LogP contribution in [0.1, 0.15) is 28.9 Å². The summed E-state index contributed by atoms with van der Waals surface area (Å²) < 4.78 is 1.71. The minimum atomic E-state index is 0. The second-order valence-corrected chi connectivity index (χ2v) is 5.70. The van der Waals surface area contributed by atoms with Crippen molar-refractivity contribution in [1.29, 1.82) is 0 Å². The van der Waals surface area contributed by atoms with Gasteiger partial charge in [0.1, 0.15) is 0 Å². The first-order valence-corrected chi connectivity index (χ1v) is 7.36. The summed E-state index contributed by atoms with van der Waals surface area (Å²) in [6.07, 6.45) is 3.89. The summed E-state index contributed by atoms with van der Waals surface area (Å²) >= 11 is 0. The number of hydrogen-bond acceptors (Lipinski definition) is 4. The summed E-state index contributed by atoms with van der Waals surface area (Å²) in [4.78, 5) is 19.3. The van der Waals surface area contributed by atoms with Crippen molar-refractivity contribution >= 4 is 41.8 Å². The molecule has 1 atom stereocenters. The van der Waals surface area contributed by atoms with Crippen molar-refractivity contribution in [2.24, 2.45) is 7.05 Å². The molecule has 3 rings (SSSR count). The van der Waals surface area contributed by atoms with Crippen LogP contribution in [-0.2, 0) is 7.05 Å². The SMILES string of the molecule is CNC1CCCN(C(=O)c2cc(C)nc3c2cnn3C)C1.Cl.Cl. The molecule has 0 bridgehead atoms. The van der Waals surface area contributed by atoms with Gasteiger partial charge in [-0.2, -0.15) is 5.10 Å². The molecule has 0 radical (unpaired) electrons. The summed E-state index contributed by atoms with van der Waals surface area (Å²) in [5.74, 6) is 0.0819. The van der Waals surface area contributed by atoms with Crippen LogP contribution >= 0.6 is 24.8 Å². The monoisotopic (exact) mass is 359 g/mol. The van der Waals surface area contributed by atoms with Crippen LogP contribution in [0, 0.1) is 6.92 Å². The Kier molecular flexibility index (Phi) is 6.80. The van der Waals surface area contributed by atoms with Crippen molar-refractivity contribution < 1.29 is 4.79 Å². The lowest BCUT2D eigenvalue weighted by Crippen LogP contribution is -2.47. The van der Waals surface area contributed by atoms with Crippen LogP contribution in [0.5, 0.6) is 0 Å². The lowest BCUT2D eigenvalue weighted by atomic mass is 10.0. The third kappa shape index (κ3) is 3.76. The molecule has 1 aliphatic rings. The lowest BCUT2D eigenvalue weighted by Gasteiger charge is -2.32. The molecule has 1 unspecified atom stereocenters. The number of piperidine rings is 1. The van der Waals surface area contributed by atoms with Crippen molar-refractivity contribution in [3.8, 4) is 0 Å². The Balaban J connectivity index is 0.00000132. The molecule has 128 valence electrons. The van der Waals surface area contributed by atoms with Crippen molar-refractivity contribution in [1.82, 2.24) is 25.0 Å². The Hall–Kier alpha value is -1.37. The van der Waals surface area contributed by atoms with Crippen LogP contribution < -0.4 is 5.32 Å². The molecule has 1 N–H and O–H groups in total. The highest BCUT2D eigenvalue weighted by Gasteiger charge is 2.25. The molecular formula is C15H23Cl2N5O. The van der Waals surface area contributed by atoms with Crippen LogP contribution in [0.25, 0.3) is 11.0 Å². The molecule has 2 aromatic rings. The lowest BCUT2D eigenvalue weighted by molar-refractivity contribution is 0.0700. The van der Waals surface area contributed by atoms with Crippen LogP contribution in [0.15, 0.2) is 12.3 Å². The van der Waals surface area contributed by atoms with E-state index < -0.39 is 0 Å². The van der Waals surface area contributed by atoms with Gasteiger partial charge in [-0.1, -0.05) is 0 Å². The van der Waals surface area contributed by atoms with E-state index in [1.165, 1.54) is 0 Å². The molecule has 8 heteroatoms. The van der Waals surface area contributed by atoms with Gasteiger partial charge in [-0.05, 0) is 32.9 Å². The Morgan fingerprint density at radius 1 is 1.39 bits per heavy atom. The highest BCUT2D eigenvalue weighted by Crippen LogP contribution is 2.21. The molecule has 0 saturated carbocycles. The second kappa shape index (κ2) is 7.95. The van der Waals surface area contributed by atoms with Gasteiger partial charge in [0.15, 0.2) is 5.65 Å². The number of likely N-dealkylation sites (N-methyl/N-ethyl adjacent to an activating group) is 1. The second-order valence-electron chi connectivity index (χ2n) is 5.70. The van der Waals surface area contributed by atoms with E-state index in [0.29, 0.717) is 11.6 Å². The van der Waals surface area contributed by atoms with Gasteiger partial charge in [0.2, 0.25) is 0 Å². The van der Waals surface area contributed by atoms with E-state index in [-0.39, 0.29) is 30.7 Å². The normalized spacial score (nSPS) is 17.5. The number of amides is 1. The van der Waals surface area contributed by atoms with E-state index in [1.54, 1.807) is 10.9 Å². The minimum absolute atomic E-state index is 0. The molecule has 3 heterocycles. The number of nitrogens with zero attached hydrogens (tertiary/aromatic N) is 4. The quantitative estimate of drug-likeness (QED) is 0.889.